The van der Waals surface area contributed by atoms with E-state index in [1.54, 1.807) is 0 Å². The van der Waals surface area contributed by atoms with E-state index in [9.17, 15) is 4.79 Å². The molecule has 0 spiro atoms. The number of aryl methyl sites for hydroxylation is 3. The molecule has 26 heavy (non-hydrogen) atoms. The molecule has 1 aliphatic rings. The Bertz CT molecular complexity index is 957. The third kappa shape index (κ3) is 3.12. The zero-order valence-electron chi connectivity index (χ0n) is 15.2. The first-order valence-corrected chi connectivity index (χ1v) is 8.79. The van der Waals surface area contributed by atoms with Gasteiger partial charge in [-0.25, -0.2) is 0 Å². The van der Waals surface area contributed by atoms with Crippen LogP contribution in [0.5, 0.6) is 0 Å². The highest BCUT2D eigenvalue weighted by atomic mass is 16.5. The van der Waals surface area contributed by atoms with Crippen LogP contribution in [0.15, 0.2) is 47.0 Å². The molecule has 0 aliphatic carbocycles. The van der Waals surface area contributed by atoms with E-state index in [-0.39, 0.29) is 11.8 Å². The summed E-state index contributed by atoms with van der Waals surface area (Å²) < 4.78 is 5.48. The van der Waals surface area contributed by atoms with E-state index >= 15 is 0 Å². The first-order chi connectivity index (χ1) is 12.5. The summed E-state index contributed by atoms with van der Waals surface area (Å²) in [5.74, 6) is 1.12. The van der Waals surface area contributed by atoms with Crippen molar-refractivity contribution in [2.45, 2.75) is 33.1 Å². The molecule has 5 nitrogen and oxygen atoms in total. The molecule has 1 aliphatic heterocycles. The Labute approximate surface area is 152 Å². The van der Waals surface area contributed by atoms with Crippen molar-refractivity contribution < 1.29 is 9.32 Å². The van der Waals surface area contributed by atoms with Gasteiger partial charge in [0, 0.05) is 24.2 Å². The molecule has 2 aromatic carbocycles. The molecule has 1 fully saturated rings. The van der Waals surface area contributed by atoms with Crippen LogP contribution in [0.25, 0.3) is 11.4 Å². The fraction of sp³-hybridized carbons (Fsp3) is 0.286. The van der Waals surface area contributed by atoms with Crippen LogP contribution in [0.4, 0.5) is 5.69 Å². The van der Waals surface area contributed by atoms with Gasteiger partial charge in [-0.2, -0.15) is 4.98 Å². The van der Waals surface area contributed by atoms with Crippen molar-refractivity contribution in [2.24, 2.45) is 0 Å². The summed E-state index contributed by atoms with van der Waals surface area (Å²) in [5, 5.41) is 4.11. The van der Waals surface area contributed by atoms with Crippen molar-refractivity contribution in [1.29, 1.82) is 0 Å². The minimum atomic E-state index is -0.0747. The predicted octanol–water partition coefficient (Wildman–Crippen LogP) is 4.18. The lowest BCUT2D eigenvalue weighted by molar-refractivity contribution is -0.117. The lowest BCUT2D eigenvalue weighted by Crippen LogP contribution is -2.24. The number of nitrogens with zero attached hydrogens (tertiary/aromatic N) is 3. The van der Waals surface area contributed by atoms with Crippen LogP contribution in [0, 0.1) is 20.8 Å². The maximum absolute atomic E-state index is 12.5. The molecule has 1 amide bonds. The first kappa shape index (κ1) is 16.5. The van der Waals surface area contributed by atoms with Gasteiger partial charge in [0.2, 0.25) is 17.6 Å². The van der Waals surface area contributed by atoms with Gasteiger partial charge in [-0.1, -0.05) is 35.0 Å². The third-order valence-electron chi connectivity index (χ3n) is 4.71. The topological polar surface area (TPSA) is 59.2 Å². The molecule has 2 heterocycles. The highest BCUT2D eigenvalue weighted by Gasteiger charge is 2.35. The molecule has 132 valence electrons. The van der Waals surface area contributed by atoms with Crippen LogP contribution < -0.4 is 4.90 Å². The number of aromatic nitrogens is 2. The Balaban J connectivity index is 1.58. The molecule has 0 unspecified atom stereocenters. The molecule has 0 bridgehead atoms. The lowest BCUT2D eigenvalue weighted by atomic mass is 10.1. The molecule has 1 saturated heterocycles. The Kier molecular flexibility index (Phi) is 4.07. The van der Waals surface area contributed by atoms with E-state index in [2.05, 4.69) is 16.2 Å². The van der Waals surface area contributed by atoms with Crippen LogP contribution in [-0.2, 0) is 4.79 Å². The van der Waals surface area contributed by atoms with Crippen molar-refractivity contribution in [3.05, 3.63) is 65.0 Å². The average Bonchev–Trinajstić information content (AvgIpc) is 3.20. The van der Waals surface area contributed by atoms with Crippen molar-refractivity contribution in [2.75, 3.05) is 11.4 Å². The second-order valence-electron chi connectivity index (χ2n) is 7.08. The number of hydrogen-bond acceptors (Lipinski definition) is 4. The quantitative estimate of drug-likeness (QED) is 0.713. The van der Waals surface area contributed by atoms with Gasteiger partial charge in [0.05, 0.1) is 5.92 Å². The van der Waals surface area contributed by atoms with Crippen LogP contribution in [0.1, 0.15) is 34.9 Å². The average molecular weight is 347 g/mol. The number of benzene rings is 2. The van der Waals surface area contributed by atoms with E-state index < -0.39 is 0 Å². The van der Waals surface area contributed by atoms with Crippen LogP contribution in [0.3, 0.4) is 0 Å². The van der Waals surface area contributed by atoms with E-state index in [0.717, 1.165) is 27.9 Å². The highest BCUT2D eigenvalue weighted by molar-refractivity contribution is 5.96. The van der Waals surface area contributed by atoms with Crippen LogP contribution in [0.2, 0.25) is 0 Å². The third-order valence-corrected chi connectivity index (χ3v) is 4.71. The van der Waals surface area contributed by atoms with Crippen LogP contribution in [-0.4, -0.2) is 22.6 Å². The van der Waals surface area contributed by atoms with Gasteiger partial charge >= 0.3 is 0 Å². The first-order valence-electron chi connectivity index (χ1n) is 8.79. The Hall–Kier alpha value is -2.95. The van der Waals surface area contributed by atoms with Gasteiger partial charge in [-0.05, 0) is 50.1 Å². The SMILES string of the molecule is Cc1cccc(-c2noc([C@@H]3CC(=O)N(c4cc(C)cc(C)c4)C3)n2)c1. The fourth-order valence-corrected chi connectivity index (χ4v) is 3.53. The molecular formula is C21H21N3O2. The fourth-order valence-electron chi connectivity index (χ4n) is 3.53. The smallest absolute Gasteiger partial charge is 0.232 e. The summed E-state index contributed by atoms with van der Waals surface area (Å²) in [5.41, 5.74) is 5.31. The van der Waals surface area contributed by atoms with Gasteiger partial charge in [0.25, 0.3) is 0 Å². The Morgan fingerprint density at radius 3 is 2.54 bits per heavy atom. The van der Waals surface area contributed by atoms with Gasteiger partial charge in [0.15, 0.2) is 0 Å². The maximum atomic E-state index is 12.5. The molecule has 1 aromatic heterocycles. The molecule has 0 N–H and O–H groups in total. The number of hydrogen-bond donors (Lipinski definition) is 0. The molecule has 1 atom stereocenters. The summed E-state index contributed by atoms with van der Waals surface area (Å²) in [7, 11) is 0. The zero-order valence-corrected chi connectivity index (χ0v) is 15.2. The van der Waals surface area contributed by atoms with Gasteiger partial charge in [0.1, 0.15) is 0 Å². The van der Waals surface area contributed by atoms with Gasteiger partial charge in [-0.3, -0.25) is 4.79 Å². The molecule has 0 radical (unpaired) electrons. The monoisotopic (exact) mass is 347 g/mol. The summed E-state index contributed by atoms with van der Waals surface area (Å²) >= 11 is 0. The highest BCUT2D eigenvalue weighted by Crippen LogP contribution is 2.32. The molecule has 0 saturated carbocycles. The normalized spacial score (nSPS) is 17.1. The van der Waals surface area contributed by atoms with E-state index in [1.165, 1.54) is 0 Å². The van der Waals surface area contributed by atoms with E-state index in [4.69, 9.17) is 4.52 Å². The zero-order chi connectivity index (χ0) is 18.3. The van der Waals surface area contributed by atoms with Gasteiger partial charge < -0.3 is 9.42 Å². The minimum Gasteiger partial charge on any atom is -0.339 e. The molecular weight excluding hydrogens is 326 g/mol. The summed E-state index contributed by atoms with van der Waals surface area (Å²) in [6.07, 6.45) is 0.391. The number of rotatable bonds is 3. The second-order valence-corrected chi connectivity index (χ2v) is 7.08. The van der Waals surface area contributed by atoms with E-state index in [0.29, 0.717) is 24.7 Å². The predicted molar refractivity (Wildman–Crippen MR) is 100 cm³/mol. The van der Waals surface area contributed by atoms with Crippen LogP contribution >= 0.6 is 0 Å². The van der Waals surface area contributed by atoms with Crippen molar-refractivity contribution in [3.8, 4) is 11.4 Å². The minimum absolute atomic E-state index is 0.0747. The number of carbonyl (C=O) groups is 1. The van der Waals surface area contributed by atoms with Crippen molar-refractivity contribution in [3.63, 3.8) is 0 Å². The number of carbonyl (C=O) groups excluding carboxylic acids is 1. The lowest BCUT2D eigenvalue weighted by Gasteiger charge is -2.17. The number of amides is 1. The summed E-state index contributed by atoms with van der Waals surface area (Å²) in [4.78, 5) is 18.9. The van der Waals surface area contributed by atoms with Crippen molar-refractivity contribution >= 4 is 11.6 Å². The molecule has 5 heteroatoms. The van der Waals surface area contributed by atoms with Gasteiger partial charge in [-0.15, -0.1) is 0 Å². The number of anilines is 1. The molecule has 4 rings (SSSR count). The Morgan fingerprint density at radius 2 is 1.81 bits per heavy atom. The van der Waals surface area contributed by atoms with Crippen molar-refractivity contribution in [1.82, 2.24) is 10.1 Å². The Morgan fingerprint density at radius 1 is 1.04 bits per heavy atom. The summed E-state index contributed by atoms with van der Waals surface area (Å²) in [6, 6.07) is 14.2. The second kappa shape index (κ2) is 6.41. The summed E-state index contributed by atoms with van der Waals surface area (Å²) in [6.45, 7) is 6.68. The largest absolute Gasteiger partial charge is 0.339 e. The maximum Gasteiger partial charge on any atom is 0.232 e. The van der Waals surface area contributed by atoms with E-state index in [1.807, 2.05) is 62.1 Å². The molecule has 3 aromatic rings. The standard InChI is InChI=1S/C21H21N3O2/c1-13-5-4-6-16(8-13)20-22-21(26-23-20)17-11-19(25)24(12-17)18-9-14(2)7-15(3)10-18/h4-10,17H,11-12H2,1-3H3/t17-/m1/s1.